The van der Waals surface area contributed by atoms with Gasteiger partial charge in [0.25, 0.3) is 0 Å². The Hall–Kier alpha value is -6.69. The van der Waals surface area contributed by atoms with Crippen LogP contribution in [0.2, 0.25) is 0 Å². The molecule has 376 valence electrons. The van der Waals surface area contributed by atoms with E-state index in [1.807, 2.05) is 50.2 Å². The van der Waals surface area contributed by atoms with E-state index >= 15 is 0 Å². The van der Waals surface area contributed by atoms with Gasteiger partial charge in [-0.05, 0) is 144 Å². The van der Waals surface area contributed by atoms with Gasteiger partial charge in [-0.2, -0.15) is 26.3 Å². The number of nitrogens with one attached hydrogen (secondary N) is 5. The first-order valence-corrected chi connectivity index (χ1v) is 23.6. The average Bonchev–Trinajstić information content (AvgIpc) is 3.85. The van der Waals surface area contributed by atoms with Crippen LogP contribution in [0.25, 0.3) is 21.8 Å². The minimum Gasteiger partial charge on any atom is -0.490 e. The van der Waals surface area contributed by atoms with Crippen molar-refractivity contribution in [3.8, 4) is 11.5 Å². The molecule has 3 amide bonds. The third kappa shape index (κ3) is 10.8. The van der Waals surface area contributed by atoms with Crippen LogP contribution in [0.3, 0.4) is 0 Å². The fraction of sp³-hybridized carbons (Fsp3) is 0.415. The van der Waals surface area contributed by atoms with Gasteiger partial charge in [-0.15, -0.1) is 0 Å². The van der Waals surface area contributed by atoms with Crippen LogP contribution in [-0.2, 0) is 26.7 Å². The Balaban J connectivity index is 0.000000179. The molecule has 71 heavy (non-hydrogen) atoms. The van der Waals surface area contributed by atoms with Gasteiger partial charge >= 0.3 is 18.4 Å². The average molecular weight is 987 g/mol. The lowest BCUT2D eigenvalue weighted by atomic mass is 9.77. The molecule has 4 aliphatic rings. The van der Waals surface area contributed by atoms with E-state index in [0.29, 0.717) is 43.1 Å². The molecule has 12 nitrogen and oxygen atoms in total. The molecular formula is C53H56F6N6O6. The van der Waals surface area contributed by atoms with Crippen molar-refractivity contribution in [2.75, 3.05) is 36.8 Å². The zero-order valence-electron chi connectivity index (χ0n) is 39.9. The molecule has 2 saturated carbocycles. The van der Waals surface area contributed by atoms with Gasteiger partial charge in [-0.25, -0.2) is 4.79 Å². The first-order valence-electron chi connectivity index (χ1n) is 23.6. The molecule has 0 unspecified atom stereocenters. The zero-order valence-corrected chi connectivity index (χ0v) is 39.9. The Bertz CT molecular complexity index is 2920. The first-order chi connectivity index (χ1) is 33.4. The van der Waals surface area contributed by atoms with Crippen molar-refractivity contribution < 1.29 is 54.9 Å². The Morgan fingerprint density at radius 1 is 0.606 bits per heavy atom. The van der Waals surface area contributed by atoms with Crippen LogP contribution in [0.5, 0.6) is 11.5 Å². The molecule has 18 heteroatoms. The maximum Gasteiger partial charge on any atom is 0.416 e. The predicted octanol–water partition coefficient (Wildman–Crippen LogP) is 11.8. The summed E-state index contributed by atoms with van der Waals surface area (Å²) in [7, 11) is 0. The van der Waals surface area contributed by atoms with Gasteiger partial charge in [0, 0.05) is 60.4 Å². The second-order valence-corrected chi connectivity index (χ2v) is 20.8. The van der Waals surface area contributed by atoms with Gasteiger partial charge in [0.1, 0.15) is 17.1 Å². The van der Waals surface area contributed by atoms with Gasteiger partial charge in [0.15, 0.2) is 0 Å². The summed E-state index contributed by atoms with van der Waals surface area (Å²) in [5, 5.41) is 10.8. The molecule has 5 N–H and O–H groups in total. The van der Waals surface area contributed by atoms with E-state index in [1.54, 1.807) is 57.4 Å². The SMILES string of the molecule is CC(C)(C)OC(=O)N1CC(C)(C(=O)Nc2c[nH]c3ccc(O[C@H]4C[C@H](c5ccc(C(F)(F)F)cc5)C4)cc23)C1.CC1(C(=O)Nc2c[nH]c3ccc(O[C@H]4C[C@H](c5ccc(C(F)(F)F)cc5)C4)cc23)CNC1. The predicted molar refractivity (Wildman–Crippen MR) is 256 cm³/mol. The number of nitrogens with zero attached hydrogens (tertiary/aromatic N) is 1. The maximum absolute atomic E-state index is 13.1. The fourth-order valence-electron chi connectivity index (χ4n) is 9.30. The van der Waals surface area contributed by atoms with Gasteiger partial charge in [0.05, 0.1) is 45.5 Å². The number of benzene rings is 4. The van der Waals surface area contributed by atoms with E-state index in [1.165, 1.54) is 4.90 Å². The number of amides is 3. The number of hydrogen-bond donors (Lipinski definition) is 5. The summed E-state index contributed by atoms with van der Waals surface area (Å²) in [6.07, 6.45) is -2.67. The monoisotopic (exact) mass is 986 g/mol. The van der Waals surface area contributed by atoms with Gasteiger partial charge < -0.3 is 45.0 Å². The quantitative estimate of drug-likeness (QED) is 0.0858. The molecule has 2 aliphatic carbocycles. The van der Waals surface area contributed by atoms with E-state index in [4.69, 9.17) is 14.2 Å². The van der Waals surface area contributed by atoms with E-state index < -0.39 is 46.0 Å². The summed E-state index contributed by atoms with van der Waals surface area (Å²) in [6.45, 7) is 11.0. The summed E-state index contributed by atoms with van der Waals surface area (Å²) < 4.78 is 94.3. The minimum absolute atomic E-state index is 0.0108. The highest BCUT2D eigenvalue weighted by atomic mass is 19.4. The van der Waals surface area contributed by atoms with Crippen LogP contribution in [0, 0.1) is 10.8 Å². The summed E-state index contributed by atoms with van der Waals surface area (Å²) in [5.41, 5.74) is 1.87. The molecule has 0 bridgehead atoms. The van der Waals surface area contributed by atoms with Crippen LogP contribution in [0.1, 0.15) is 94.4 Å². The highest BCUT2D eigenvalue weighted by molar-refractivity contribution is 6.05. The number of alkyl halides is 6. The Labute approximate surface area is 406 Å². The molecular weight excluding hydrogens is 931 g/mol. The molecule has 0 radical (unpaired) electrons. The number of fused-ring (bicyclic) bond motifs is 2. The molecule has 2 aromatic heterocycles. The van der Waals surface area contributed by atoms with Crippen LogP contribution in [0.4, 0.5) is 42.5 Å². The number of anilines is 2. The molecule has 2 aliphatic heterocycles. The topological polar surface area (TPSA) is 150 Å². The van der Waals surface area contributed by atoms with Crippen LogP contribution >= 0.6 is 0 Å². The van der Waals surface area contributed by atoms with Crippen molar-refractivity contribution in [3.05, 3.63) is 120 Å². The van der Waals surface area contributed by atoms with E-state index in [0.717, 1.165) is 75.7 Å². The summed E-state index contributed by atoms with van der Waals surface area (Å²) in [5.74, 6) is 1.52. The lowest BCUT2D eigenvalue weighted by molar-refractivity contribution is -0.138. The Kier molecular flexibility index (Phi) is 12.8. The van der Waals surface area contributed by atoms with Crippen LogP contribution in [0.15, 0.2) is 97.3 Å². The van der Waals surface area contributed by atoms with E-state index in [-0.39, 0.29) is 48.9 Å². The lowest BCUT2D eigenvalue weighted by Crippen LogP contribution is -2.62. The van der Waals surface area contributed by atoms with E-state index in [9.17, 15) is 40.7 Å². The number of hydrogen-bond acceptors (Lipinski definition) is 7. The number of carbonyl (C=O) groups is 3. The van der Waals surface area contributed by atoms with Gasteiger partial charge in [-0.3, -0.25) is 9.59 Å². The number of likely N-dealkylation sites (tertiary alicyclic amines) is 1. The molecule has 10 rings (SSSR count). The number of H-pyrrole nitrogens is 2. The van der Waals surface area contributed by atoms with Crippen molar-refractivity contribution in [2.45, 2.75) is 102 Å². The first kappa shape index (κ1) is 49.3. The number of aromatic nitrogens is 2. The lowest BCUT2D eigenvalue weighted by Gasteiger charge is -2.46. The van der Waals surface area contributed by atoms with Gasteiger partial charge in [0.2, 0.25) is 11.8 Å². The Morgan fingerprint density at radius 2 is 1.01 bits per heavy atom. The van der Waals surface area contributed by atoms with Crippen molar-refractivity contribution in [1.29, 1.82) is 0 Å². The molecule has 4 fully saturated rings. The second kappa shape index (κ2) is 18.5. The fourth-order valence-corrected chi connectivity index (χ4v) is 9.30. The maximum atomic E-state index is 13.1. The third-order valence-corrected chi connectivity index (χ3v) is 13.9. The molecule has 0 atom stereocenters. The van der Waals surface area contributed by atoms with Crippen LogP contribution in [-0.4, -0.2) is 76.8 Å². The number of halogens is 6. The van der Waals surface area contributed by atoms with Crippen LogP contribution < -0.4 is 25.4 Å². The normalized spacial score (nSPS) is 21.3. The largest absolute Gasteiger partial charge is 0.490 e. The standard InChI is InChI=1S/C29H32F3N3O4.C24H24F3N3O2/c1-27(2,3)39-26(37)35-15-28(4,16-35)25(36)34-24-14-33-23-10-9-20(13-22(23)24)38-21-11-18(12-21)17-5-7-19(8-6-17)29(30,31)32;1-23(12-28-13-23)22(31)30-21-11-29-20-7-6-17(10-19(20)21)32-18-8-15(9-18)14-2-4-16(5-3-14)24(25,26)27/h5-10,13-14,18,21,33H,11-12,15-16H2,1-4H3,(H,34,36);2-7,10-11,15,18,28-29H,8-9,12-13H2,1H3,(H,30,31)/t18-,21-;15-,18-. The number of rotatable bonds is 10. The zero-order chi connectivity index (χ0) is 50.7. The summed E-state index contributed by atoms with van der Waals surface area (Å²) >= 11 is 0. The molecule has 2 saturated heterocycles. The van der Waals surface area contributed by atoms with Crippen molar-refractivity contribution in [2.24, 2.45) is 10.8 Å². The second-order valence-electron chi connectivity index (χ2n) is 20.8. The van der Waals surface area contributed by atoms with Crippen molar-refractivity contribution in [1.82, 2.24) is 20.2 Å². The molecule has 0 spiro atoms. The van der Waals surface area contributed by atoms with Crippen molar-refractivity contribution in [3.63, 3.8) is 0 Å². The smallest absolute Gasteiger partial charge is 0.416 e. The molecule has 6 aromatic rings. The summed E-state index contributed by atoms with van der Waals surface area (Å²) in [6, 6.07) is 22.0. The number of carbonyl (C=O) groups excluding carboxylic acids is 3. The minimum atomic E-state index is -4.34. The Morgan fingerprint density at radius 3 is 1.38 bits per heavy atom. The van der Waals surface area contributed by atoms with E-state index in [2.05, 4.69) is 25.9 Å². The highest BCUT2D eigenvalue weighted by Crippen LogP contribution is 2.43. The molecule has 4 aromatic carbocycles. The molecule has 4 heterocycles. The van der Waals surface area contributed by atoms with Crippen molar-refractivity contribution >= 4 is 51.1 Å². The summed E-state index contributed by atoms with van der Waals surface area (Å²) in [4.78, 5) is 45.7. The van der Waals surface area contributed by atoms with Gasteiger partial charge in [-0.1, -0.05) is 24.3 Å². The highest BCUT2D eigenvalue weighted by Gasteiger charge is 2.49. The number of ether oxygens (including phenoxy) is 3. The third-order valence-electron chi connectivity index (χ3n) is 13.9. The number of aromatic amines is 2.